The summed E-state index contributed by atoms with van der Waals surface area (Å²) in [6.45, 7) is 5.44. The van der Waals surface area contributed by atoms with Gasteiger partial charge in [0.15, 0.2) is 6.10 Å². The molecule has 0 aliphatic carbocycles. The number of nitrogens with one attached hydrogen (secondary N) is 1. The molecule has 1 N–H and O–H groups in total. The van der Waals surface area contributed by atoms with Gasteiger partial charge in [0.25, 0.3) is 11.8 Å². The highest BCUT2D eigenvalue weighted by Gasteiger charge is 2.31. The number of piperidine rings is 1. The van der Waals surface area contributed by atoms with Crippen molar-refractivity contribution in [2.45, 2.75) is 57.0 Å². The van der Waals surface area contributed by atoms with Gasteiger partial charge in [-0.25, -0.2) is 8.42 Å². The predicted molar refractivity (Wildman–Crippen MR) is 131 cm³/mol. The van der Waals surface area contributed by atoms with Crippen molar-refractivity contribution in [1.29, 1.82) is 0 Å². The largest absolute Gasteiger partial charge is 0.479 e. The van der Waals surface area contributed by atoms with Gasteiger partial charge in [-0.1, -0.05) is 19.8 Å². The molecule has 0 bridgehead atoms. The van der Waals surface area contributed by atoms with Gasteiger partial charge in [0.2, 0.25) is 10.0 Å². The highest BCUT2D eigenvalue weighted by atomic mass is 32.2. The zero-order chi connectivity index (χ0) is 24.3. The van der Waals surface area contributed by atoms with Crippen LogP contribution in [0.15, 0.2) is 47.4 Å². The average Bonchev–Trinajstić information content (AvgIpc) is 2.85. The minimum Gasteiger partial charge on any atom is -0.479 e. The Bertz CT molecular complexity index is 1160. The van der Waals surface area contributed by atoms with Crippen LogP contribution in [0.5, 0.6) is 5.75 Å². The van der Waals surface area contributed by atoms with E-state index >= 15 is 0 Å². The topological polar surface area (TPSA) is 96.0 Å². The Balaban J connectivity index is 1.50. The molecule has 2 aromatic rings. The molecule has 2 aliphatic rings. The summed E-state index contributed by atoms with van der Waals surface area (Å²) in [5.41, 5.74) is 1.51. The van der Waals surface area contributed by atoms with E-state index in [1.54, 1.807) is 30.0 Å². The second kappa shape index (κ2) is 10.1. The van der Waals surface area contributed by atoms with Crippen molar-refractivity contribution in [3.8, 4) is 5.75 Å². The van der Waals surface area contributed by atoms with Crippen LogP contribution < -0.4 is 15.0 Å². The van der Waals surface area contributed by atoms with Crippen molar-refractivity contribution >= 4 is 33.2 Å². The molecule has 0 aromatic heterocycles. The number of amides is 2. The van der Waals surface area contributed by atoms with Crippen LogP contribution in [0.4, 0.5) is 11.4 Å². The van der Waals surface area contributed by atoms with Crippen LogP contribution in [-0.2, 0) is 14.8 Å². The molecule has 0 saturated carbocycles. The lowest BCUT2D eigenvalue weighted by Gasteiger charge is -2.33. The van der Waals surface area contributed by atoms with Crippen molar-refractivity contribution < 1.29 is 22.7 Å². The van der Waals surface area contributed by atoms with Crippen molar-refractivity contribution in [3.05, 3.63) is 48.0 Å². The van der Waals surface area contributed by atoms with Crippen LogP contribution >= 0.6 is 0 Å². The van der Waals surface area contributed by atoms with Gasteiger partial charge < -0.3 is 15.0 Å². The van der Waals surface area contributed by atoms with Crippen molar-refractivity contribution in [3.63, 3.8) is 0 Å². The van der Waals surface area contributed by atoms with E-state index in [2.05, 4.69) is 12.2 Å². The Kier molecular flexibility index (Phi) is 7.23. The Morgan fingerprint density at radius 3 is 2.47 bits per heavy atom. The molecule has 1 fully saturated rings. The molecule has 2 heterocycles. The number of unbranched alkanes of at least 4 members (excludes halogenated alkanes) is 1. The second-order valence-electron chi connectivity index (χ2n) is 8.73. The third-order valence-electron chi connectivity index (χ3n) is 6.23. The first-order valence-corrected chi connectivity index (χ1v) is 13.3. The van der Waals surface area contributed by atoms with Crippen LogP contribution in [0.2, 0.25) is 0 Å². The maximum atomic E-state index is 12.8. The van der Waals surface area contributed by atoms with Crippen LogP contribution in [0.25, 0.3) is 0 Å². The summed E-state index contributed by atoms with van der Waals surface area (Å²) in [4.78, 5) is 27.4. The molecular weight excluding hydrogens is 454 g/mol. The van der Waals surface area contributed by atoms with E-state index in [4.69, 9.17) is 4.74 Å². The number of ether oxygens (including phenoxy) is 1. The summed E-state index contributed by atoms with van der Waals surface area (Å²) in [5, 5.41) is 2.84. The molecule has 2 aliphatic heterocycles. The third kappa shape index (κ3) is 4.95. The van der Waals surface area contributed by atoms with E-state index < -0.39 is 16.1 Å². The molecule has 4 rings (SSSR count). The molecule has 1 saturated heterocycles. The number of fused-ring (bicyclic) bond motifs is 1. The quantitative estimate of drug-likeness (QED) is 0.639. The van der Waals surface area contributed by atoms with Crippen LogP contribution in [0, 0.1) is 0 Å². The highest BCUT2D eigenvalue weighted by Crippen LogP contribution is 2.36. The number of rotatable bonds is 7. The number of nitrogens with zero attached hydrogens (tertiary/aromatic N) is 2. The number of carbonyl (C=O) groups excluding carboxylic acids is 2. The summed E-state index contributed by atoms with van der Waals surface area (Å²) in [7, 11) is -3.55. The molecule has 0 spiro atoms. The van der Waals surface area contributed by atoms with Gasteiger partial charge in [-0.05, 0) is 68.7 Å². The maximum absolute atomic E-state index is 12.8. The Labute approximate surface area is 200 Å². The van der Waals surface area contributed by atoms with Gasteiger partial charge in [-0.3, -0.25) is 9.59 Å². The Morgan fingerprint density at radius 1 is 1.09 bits per heavy atom. The Hall–Kier alpha value is -2.91. The highest BCUT2D eigenvalue weighted by molar-refractivity contribution is 7.89. The first kappa shape index (κ1) is 24.2. The van der Waals surface area contributed by atoms with Crippen molar-refractivity contribution in [2.24, 2.45) is 0 Å². The maximum Gasteiger partial charge on any atom is 0.267 e. The summed E-state index contributed by atoms with van der Waals surface area (Å²) in [5.74, 6) is 0.141. The lowest BCUT2D eigenvalue weighted by molar-refractivity contribution is -0.125. The van der Waals surface area contributed by atoms with Gasteiger partial charge >= 0.3 is 0 Å². The van der Waals surface area contributed by atoms with Gasteiger partial charge in [0, 0.05) is 30.9 Å². The van der Waals surface area contributed by atoms with Gasteiger partial charge in [0.1, 0.15) is 5.75 Å². The van der Waals surface area contributed by atoms with E-state index in [0.29, 0.717) is 42.3 Å². The lowest BCUT2D eigenvalue weighted by Crippen LogP contribution is -2.44. The number of hydrogen-bond acceptors (Lipinski definition) is 5. The molecule has 2 aromatic carbocycles. The minimum atomic E-state index is -3.55. The molecule has 2 amide bonds. The first-order chi connectivity index (χ1) is 16.3. The van der Waals surface area contributed by atoms with Crippen LogP contribution in [-0.4, -0.2) is 50.3 Å². The smallest absolute Gasteiger partial charge is 0.267 e. The summed E-state index contributed by atoms with van der Waals surface area (Å²) >= 11 is 0. The number of anilines is 2. The first-order valence-electron chi connectivity index (χ1n) is 11.8. The fourth-order valence-electron chi connectivity index (χ4n) is 4.27. The molecule has 0 radical (unpaired) electrons. The zero-order valence-electron chi connectivity index (χ0n) is 19.6. The molecule has 34 heavy (non-hydrogen) atoms. The fourth-order valence-corrected chi connectivity index (χ4v) is 5.78. The standard InChI is InChI=1S/C25H31N3O5S/c1-3-4-16-28-22-17-20(10-13-23(22)33-18(2)25(28)30)26-24(29)19-8-11-21(12-9-19)34(31,32)27-14-6-5-7-15-27/h8-13,17-18H,3-7,14-16H2,1-2H3,(H,26,29). The molecular formula is C25H31N3O5S. The number of hydrogen-bond donors (Lipinski definition) is 1. The summed E-state index contributed by atoms with van der Waals surface area (Å²) in [6.07, 6.45) is 4.04. The fraction of sp³-hybridized carbons (Fsp3) is 0.440. The summed E-state index contributed by atoms with van der Waals surface area (Å²) in [6, 6.07) is 11.2. The average molecular weight is 486 g/mol. The van der Waals surface area contributed by atoms with Gasteiger partial charge in [-0.15, -0.1) is 0 Å². The van der Waals surface area contributed by atoms with Crippen molar-refractivity contribution in [1.82, 2.24) is 4.31 Å². The Morgan fingerprint density at radius 2 is 1.79 bits per heavy atom. The van der Waals surface area contributed by atoms with Gasteiger partial charge in [-0.2, -0.15) is 4.31 Å². The summed E-state index contributed by atoms with van der Waals surface area (Å²) < 4.78 is 32.9. The third-order valence-corrected chi connectivity index (χ3v) is 8.14. The minimum absolute atomic E-state index is 0.102. The number of sulfonamides is 1. The number of carbonyl (C=O) groups is 2. The molecule has 1 atom stereocenters. The predicted octanol–water partition coefficient (Wildman–Crippen LogP) is 4.03. The van der Waals surface area contributed by atoms with E-state index in [0.717, 1.165) is 32.1 Å². The van der Waals surface area contributed by atoms with E-state index in [1.165, 1.54) is 28.6 Å². The monoisotopic (exact) mass is 485 g/mol. The van der Waals surface area contributed by atoms with Crippen molar-refractivity contribution in [2.75, 3.05) is 29.9 Å². The molecule has 1 unspecified atom stereocenters. The lowest BCUT2D eigenvalue weighted by atomic mass is 10.1. The van der Waals surface area contributed by atoms with E-state index in [-0.39, 0.29) is 16.7 Å². The van der Waals surface area contributed by atoms with Gasteiger partial charge in [0.05, 0.1) is 10.6 Å². The molecule has 9 heteroatoms. The SMILES string of the molecule is CCCCN1C(=O)C(C)Oc2ccc(NC(=O)c3ccc(S(=O)(=O)N4CCCCC4)cc3)cc21. The van der Waals surface area contributed by atoms with Crippen LogP contribution in [0.1, 0.15) is 56.3 Å². The van der Waals surface area contributed by atoms with E-state index in [9.17, 15) is 18.0 Å². The molecule has 8 nitrogen and oxygen atoms in total. The number of benzene rings is 2. The molecule has 182 valence electrons. The zero-order valence-corrected chi connectivity index (χ0v) is 20.4. The van der Waals surface area contributed by atoms with E-state index in [1.807, 2.05) is 0 Å². The second-order valence-corrected chi connectivity index (χ2v) is 10.7. The van der Waals surface area contributed by atoms with Crippen LogP contribution in [0.3, 0.4) is 0 Å². The normalized spacial score (nSPS) is 18.8.